The van der Waals surface area contributed by atoms with Crippen LogP contribution in [0.4, 0.5) is 0 Å². The number of aryl methyl sites for hydroxylation is 1. The van der Waals surface area contributed by atoms with Crippen molar-refractivity contribution in [3.05, 3.63) is 41.6 Å². The van der Waals surface area contributed by atoms with Crippen LogP contribution in [0.3, 0.4) is 0 Å². The normalized spacial score (nSPS) is 18.1. The van der Waals surface area contributed by atoms with Gasteiger partial charge in [0.1, 0.15) is 11.6 Å². The van der Waals surface area contributed by atoms with Gasteiger partial charge in [0.25, 0.3) is 5.91 Å². The van der Waals surface area contributed by atoms with Crippen molar-refractivity contribution in [1.29, 1.82) is 0 Å². The van der Waals surface area contributed by atoms with Crippen molar-refractivity contribution in [2.45, 2.75) is 32.2 Å². The number of hydrogen-bond acceptors (Lipinski definition) is 6. The number of rotatable bonds is 4. The second-order valence-corrected chi connectivity index (χ2v) is 5.26. The largest absolute Gasteiger partial charge is 0.448 e. The molecule has 1 fully saturated rings. The molecule has 0 spiro atoms. The summed E-state index contributed by atoms with van der Waals surface area (Å²) < 4.78 is 10.5. The number of hydrogen-bond donors (Lipinski definition) is 1. The van der Waals surface area contributed by atoms with E-state index in [1.54, 1.807) is 19.2 Å². The number of amides is 1. The SMILES string of the molecule is Cc1ocnc1C(=O)NCc1ccnc(C2CCCOC2)n1. The van der Waals surface area contributed by atoms with Crippen molar-refractivity contribution in [2.24, 2.45) is 0 Å². The van der Waals surface area contributed by atoms with Gasteiger partial charge in [-0.05, 0) is 25.8 Å². The second-order valence-electron chi connectivity index (χ2n) is 5.26. The predicted molar refractivity (Wildman–Crippen MR) is 77.2 cm³/mol. The minimum atomic E-state index is -0.271. The second kappa shape index (κ2) is 6.65. The Morgan fingerprint density at radius 2 is 2.36 bits per heavy atom. The van der Waals surface area contributed by atoms with E-state index in [1.165, 1.54) is 6.39 Å². The third kappa shape index (κ3) is 3.30. The van der Waals surface area contributed by atoms with E-state index in [-0.39, 0.29) is 11.8 Å². The van der Waals surface area contributed by atoms with E-state index in [9.17, 15) is 4.79 Å². The first kappa shape index (κ1) is 14.6. The Kier molecular flexibility index (Phi) is 4.43. The Labute approximate surface area is 128 Å². The third-order valence-corrected chi connectivity index (χ3v) is 3.65. The lowest BCUT2D eigenvalue weighted by molar-refractivity contribution is 0.0779. The first-order valence-corrected chi connectivity index (χ1v) is 7.32. The molecule has 7 nitrogen and oxygen atoms in total. The number of nitrogens with one attached hydrogen (secondary N) is 1. The van der Waals surface area contributed by atoms with Gasteiger partial charge in [0.15, 0.2) is 12.1 Å². The molecule has 0 radical (unpaired) electrons. The molecule has 1 N–H and O–H groups in total. The number of carbonyl (C=O) groups excluding carboxylic acids is 1. The van der Waals surface area contributed by atoms with Crippen molar-refractivity contribution in [1.82, 2.24) is 20.3 Å². The van der Waals surface area contributed by atoms with Gasteiger partial charge >= 0.3 is 0 Å². The molecule has 0 aromatic carbocycles. The number of ether oxygens (including phenoxy) is 1. The van der Waals surface area contributed by atoms with Gasteiger partial charge in [-0.3, -0.25) is 4.79 Å². The molecule has 1 saturated heterocycles. The van der Waals surface area contributed by atoms with Crippen LogP contribution in [-0.2, 0) is 11.3 Å². The molecular formula is C15H18N4O3. The summed E-state index contributed by atoms with van der Waals surface area (Å²) in [6.07, 6.45) is 5.05. The molecule has 1 unspecified atom stereocenters. The summed E-state index contributed by atoms with van der Waals surface area (Å²) in [5.74, 6) is 1.25. The van der Waals surface area contributed by atoms with Crippen molar-refractivity contribution < 1.29 is 13.9 Å². The maximum atomic E-state index is 12.0. The maximum absolute atomic E-state index is 12.0. The number of nitrogens with zero attached hydrogens (tertiary/aromatic N) is 3. The van der Waals surface area contributed by atoms with Gasteiger partial charge < -0.3 is 14.5 Å². The summed E-state index contributed by atoms with van der Waals surface area (Å²) in [6, 6.07) is 1.79. The minimum Gasteiger partial charge on any atom is -0.448 e. The van der Waals surface area contributed by atoms with Gasteiger partial charge in [0, 0.05) is 18.7 Å². The van der Waals surface area contributed by atoms with Crippen LogP contribution in [0.25, 0.3) is 0 Å². The van der Waals surface area contributed by atoms with Crippen molar-refractivity contribution in [2.75, 3.05) is 13.2 Å². The van der Waals surface area contributed by atoms with E-state index in [4.69, 9.17) is 9.15 Å². The van der Waals surface area contributed by atoms with Gasteiger partial charge in [-0.1, -0.05) is 0 Å². The zero-order chi connectivity index (χ0) is 15.4. The van der Waals surface area contributed by atoms with Crippen LogP contribution >= 0.6 is 0 Å². The van der Waals surface area contributed by atoms with Crippen molar-refractivity contribution in [3.63, 3.8) is 0 Å². The molecule has 116 valence electrons. The van der Waals surface area contributed by atoms with Crippen molar-refractivity contribution >= 4 is 5.91 Å². The Morgan fingerprint density at radius 1 is 1.45 bits per heavy atom. The molecule has 1 atom stereocenters. The summed E-state index contributed by atoms with van der Waals surface area (Å²) in [5.41, 5.74) is 1.07. The number of oxazole rings is 1. The standard InChI is InChI=1S/C15H18N4O3/c1-10-13(18-9-22-10)15(20)17-7-12-4-5-16-14(19-12)11-3-2-6-21-8-11/h4-5,9,11H,2-3,6-8H2,1H3,(H,17,20). The monoisotopic (exact) mass is 302 g/mol. The molecule has 1 aliphatic rings. The molecule has 3 rings (SSSR count). The molecular weight excluding hydrogens is 284 g/mol. The van der Waals surface area contributed by atoms with Crippen molar-refractivity contribution in [3.8, 4) is 0 Å². The average molecular weight is 302 g/mol. The first-order valence-electron chi connectivity index (χ1n) is 7.32. The summed E-state index contributed by atoms with van der Waals surface area (Å²) in [6.45, 7) is 3.50. The number of carbonyl (C=O) groups is 1. The van der Waals surface area contributed by atoms with Crippen LogP contribution < -0.4 is 5.32 Å². The summed E-state index contributed by atoms with van der Waals surface area (Å²) in [4.78, 5) is 24.7. The van der Waals surface area contributed by atoms with Gasteiger partial charge in [-0.15, -0.1) is 0 Å². The first-order chi connectivity index (χ1) is 10.7. The lowest BCUT2D eigenvalue weighted by Gasteiger charge is -2.20. The highest BCUT2D eigenvalue weighted by atomic mass is 16.5. The fourth-order valence-corrected chi connectivity index (χ4v) is 2.43. The van der Waals surface area contributed by atoms with Gasteiger partial charge in [-0.2, -0.15) is 0 Å². The molecule has 2 aromatic rings. The predicted octanol–water partition coefficient (Wildman–Crippen LogP) is 1.60. The Bertz CT molecular complexity index is 650. The van der Waals surface area contributed by atoms with Crippen LogP contribution in [-0.4, -0.2) is 34.1 Å². The topological polar surface area (TPSA) is 90.1 Å². The zero-order valence-electron chi connectivity index (χ0n) is 12.4. The van der Waals surface area contributed by atoms with Gasteiger partial charge in [0.2, 0.25) is 0 Å². The molecule has 0 saturated carbocycles. The van der Waals surface area contributed by atoms with E-state index in [2.05, 4.69) is 20.3 Å². The maximum Gasteiger partial charge on any atom is 0.273 e. The zero-order valence-corrected chi connectivity index (χ0v) is 12.4. The van der Waals surface area contributed by atoms with Crippen LogP contribution in [0.15, 0.2) is 23.1 Å². The molecule has 7 heteroatoms. The molecule has 1 amide bonds. The number of aromatic nitrogens is 3. The molecule has 2 aromatic heterocycles. The van der Waals surface area contributed by atoms with Crippen LogP contribution in [0.1, 0.15) is 46.5 Å². The smallest absolute Gasteiger partial charge is 0.273 e. The van der Waals surface area contributed by atoms with Crippen LogP contribution in [0.2, 0.25) is 0 Å². The van der Waals surface area contributed by atoms with Crippen LogP contribution in [0, 0.1) is 6.92 Å². The summed E-state index contributed by atoms with van der Waals surface area (Å²) >= 11 is 0. The molecule has 0 bridgehead atoms. The van der Waals surface area contributed by atoms with E-state index >= 15 is 0 Å². The van der Waals surface area contributed by atoms with E-state index in [0.717, 1.165) is 31.0 Å². The third-order valence-electron chi connectivity index (χ3n) is 3.65. The quantitative estimate of drug-likeness (QED) is 0.922. The van der Waals surface area contributed by atoms with E-state index < -0.39 is 0 Å². The highest BCUT2D eigenvalue weighted by molar-refractivity contribution is 5.92. The van der Waals surface area contributed by atoms with Crippen LogP contribution in [0.5, 0.6) is 0 Å². The van der Waals surface area contributed by atoms with E-state index in [0.29, 0.717) is 24.6 Å². The fourth-order valence-electron chi connectivity index (χ4n) is 2.43. The minimum absolute atomic E-state index is 0.238. The van der Waals surface area contributed by atoms with Gasteiger partial charge in [-0.25, -0.2) is 15.0 Å². The Balaban J connectivity index is 1.63. The highest BCUT2D eigenvalue weighted by Gasteiger charge is 2.19. The molecule has 0 aliphatic carbocycles. The lowest BCUT2D eigenvalue weighted by Crippen LogP contribution is -2.25. The molecule has 1 aliphatic heterocycles. The van der Waals surface area contributed by atoms with E-state index in [1.807, 2.05) is 0 Å². The average Bonchev–Trinajstić information content (AvgIpc) is 3.00. The van der Waals surface area contributed by atoms with Gasteiger partial charge in [0.05, 0.1) is 18.8 Å². The Morgan fingerprint density at radius 3 is 3.09 bits per heavy atom. The fraction of sp³-hybridized carbons (Fsp3) is 0.467. The molecule has 22 heavy (non-hydrogen) atoms. The highest BCUT2D eigenvalue weighted by Crippen LogP contribution is 2.22. The summed E-state index contributed by atoms with van der Waals surface area (Å²) in [5, 5.41) is 2.79. The summed E-state index contributed by atoms with van der Waals surface area (Å²) in [7, 11) is 0. The lowest BCUT2D eigenvalue weighted by atomic mass is 10.0. The molecule has 3 heterocycles. The Hall–Kier alpha value is -2.28.